The quantitative estimate of drug-likeness (QED) is 0.688. The molecular weight excluding hydrogens is 473 g/mol. The monoisotopic (exact) mass is 502 g/mol. The fourth-order valence-corrected chi connectivity index (χ4v) is 6.20. The second-order valence-corrected chi connectivity index (χ2v) is 9.87. The number of hydrogen-bond donors (Lipinski definition) is 1. The number of fused-ring (bicyclic) bond motifs is 1. The number of methoxy groups -OCH3 is 1. The lowest BCUT2D eigenvalue weighted by molar-refractivity contribution is -0.271. The first-order chi connectivity index (χ1) is 17.2. The maximum atomic E-state index is 14.4. The van der Waals surface area contributed by atoms with Gasteiger partial charge in [0.1, 0.15) is 5.75 Å². The number of amides is 2. The van der Waals surface area contributed by atoms with Gasteiger partial charge in [-0.25, -0.2) is 0 Å². The van der Waals surface area contributed by atoms with Gasteiger partial charge in [-0.15, -0.1) is 0 Å². The molecule has 6 nitrogen and oxygen atoms in total. The molecule has 2 aromatic rings. The molecule has 0 bridgehead atoms. The minimum absolute atomic E-state index is 0.0515. The van der Waals surface area contributed by atoms with E-state index in [1.54, 1.807) is 6.07 Å². The zero-order valence-corrected chi connectivity index (χ0v) is 20.1. The average Bonchev–Trinajstić information content (AvgIpc) is 3.35. The summed E-state index contributed by atoms with van der Waals surface area (Å²) in [5, 5.41) is 2.96. The van der Waals surface area contributed by atoms with Gasteiger partial charge in [-0.05, 0) is 29.4 Å². The number of carbonyl (C=O) groups is 2. The number of para-hydroxylation sites is 1. The normalized spacial score (nSPS) is 22.9. The number of piperidine rings is 2. The number of rotatable bonds is 4. The summed E-state index contributed by atoms with van der Waals surface area (Å²) in [6.07, 6.45) is -3.05. The lowest BCUT2D eigenvalue weighted by Gasteiger charge is -2.50. The summed E-state index contributed by atoms with van der Waals surface area (Å²) in [6, 6.07) is 13.1. The number of ether oxygens (including phenoxy) is 2. The number of halogens is 3. The van der Waals surface area contributed by atoms with Crippen molar-refractivity contribution in [1.29, 1.82) is 0 Å². The molecule has 36 heavy (non-hydrogen) atoms. The Balaban J connectivity index is 1.44. The van der Waals surface area contributed by atoms with Crippen LogP contribution in [0.4, 0.5) is 13.2 Å². The average molecular weight is 503 g/mol. The topological polar surface area (TPSA) is 67.9 Å². The highest BCUT2D eigenvalue weighted by atomic mass is 19.4. The number of alkyl halides is 3. The van der Waals surface area contributed by atoms with Crippen LogP contribution in [0.3, 0.4) is 0 Å². The number of benzene rings is 2. The van der Waals surface area contributed by atoms with E-state index in [2.05, 4.69) is 5.32 Å². The van der Waals surface area contributed by atoms with Crippen LogP contribution in [-0.4, -0.2) is 56.2 Å². The Kier molecular flexibility index (Phi) is 6.22. The van der Waals surface area contributed by atoms with Crippen LogP contribution in [0.25, 0.3) is 0 Å². The highest BCUT2D eigenvalue weighted by molar-refractivity contribution is 5.88. The van der Waals surface area contributed by atoms with E-state index in [4.69, 9.17) is 9.47 Å². The van der Waals surface area contributed by atoms with Crippen LogP contribution in [0, 0.1) is 5.41 Å². The Hall–Kier alpha value is -3.07. The molecule has 1 N–H and O–H groups in total. The van der Waals surface area contributed by atoms with Crippen molar-refractivity contribution in [2.75, 3.05) is 33.4 Å². The molecular formula is C27H29F3N2O4. The van der Waals surface area contributed by atoms with Crippen LogP contribution >= 0.6 is 0 Å². The molecule has 5 rings (SSSR count). The third kappa shape index (κ3) is 3.84. The molecule has 2 aromatic carbocycles. The third-order valence-corrected chi connectivity index (χ3v) is 8.11. The van der Waals surface area contributed by atoms with Gasteiger partial charge in [0.2, 0.25) is 5.91 Å². The largest absolute Gasteiger partial charge is 0.493 e. The Morgan fingerprint density at radius 2 is 1.83 bits per heavy atom. The van der Waals surface area contributed by atoms with E-state index in [0.29, 0.717) is 26.0 Å². The van der Waals surface area contributed by atoms with Gasteiger partial charge in [0.25, 0.3) is 11.5 Å². The van der Waals surface area contributed by atoms with Crippen LogP contribution in [0.15, 0.2) is 48.5 Å². The lowest BCUT2D eigenvalue weighted by Crippen LogP contribution is -2.60. The van der Waals surface area contributed by atoms with Gasteiger partial charge in [-0.3, -0.25) is 9.59 Å². The molecule has 2 atom stereocenters. The Morgan fingerprint density at radius 3 is 2.50 bits per heavy atom. The number of carbonyl (C=O) groups excluding carboxylic acids is 2. The van der Waals surface area contributed by atoms with Crippen LogP contribution < -0.4 is 10.1 Å². The van der Waals surface area contributed by atoms with Crippen molar-refractivity contribution in [3.8, 4) is 5.75 Å². The minimum Gasteiger partial charge on any atom is -0.493 e. The highest BCUT2D eigenvalue weighted by Crippen LogP contribution is 2.52. The maximum absolute atomic E-state index is 14.4. The number of hydrogen-bond acceptors (Lipinski definition) is 4. The van der Waals surface area contributed by atoms with Gasteiger partial charge in [0.15, 0.2) is 0 Å². The third-order valence-electron chi connectivity index (χ3n) is 8.11. The van der Waals surface area contributed by atoms with Crippen molar-refractivity contribution in [2.45, 2.75) is 43.4 Å². The molecule has 192 valence electrons. The van der Waals surface area contributed by atoms with E-state index >= 15 is 0 Å². The molecule has 9 heteroatoms. The highest BCUT2D eigenvalue weighted by Gasteiger charge is 2.64. The SMILES string of the molecule is CO[C@@](C(=O)N1CCC2(CC1)CC(=O)NC[C@H]2c1cccc2c1OCC2)(c1ccccc1)C(F)(F)F. The van der Waals surface area contributed by atoms with Crippen molar-refractivity contribution >= 4 is 11.8 Å². The number of nitrogens with one attached hydrogen (secondary N) is 1. The Morgan fingerprint density at radius 1 is 1.11 bits per heavy atom. The van der Waals surface area contributed by atoms with Crippen LogP contribution in [-0.2, 0) is 26.3 Å². The second kappa shape index (κ2) is 9.10. The molecule has 1 spiro atoms. The van der Waals surface area contributed by atoms with E-state index < -0.39 is 23.1 Å². The van der Waals surface area contributed by atoms with Gasteiger partial charge in [0.05, 0.1) is 6.61 Å². The van der Waals surface area contributed by atoms with Gasteiger partial charge in [0, 0.05) is 51.1 Å². The van der Waals surface area contributed by atoms with Crippen LogP contribution in [0.5, 0.6) is 5.75 Å². The lowest BCUT2D eigenvalue weighted by atomic mass is 9.62. The minimum atomic E-state index is -4.95. The smallest absolute Gasteiger partial charge is 0.430 e. The fourth-order valence-electron chi connectivity index (χ4n) is 6.20. The van der Waals surface area contributed by atoms with E-state index in [1.807, 2.05) is 18.2 Å². The van der Waals surface area contributed by atoms with Crippen molar-refractivity contribution in [1.82, 2.24) is 10.2 Å². The standard InChI is InChI=1S/C27H29F3N2O4/c1-35-26(27(28,29)30,19-7-3-2-4-8-19)24(34)32-13-11-25(12-14-32)16-22(33)31-17-21(25)20-9-5-6-18-10-15-36-23(18)20/h2-9,21H,10-17H2,1H3,(H,31,33)/t21-,26+/m0/s1. The van der Waals surface area contributed by atoms with Gasteiger partial charge in [-0.2, -0.15) is 13.2 Å². The predicted octanol–water partition coefficient (Wildman–Crippen LogP) is 3.94. The van der Waals surface area contributed by atoms with E-state index in [9.17, 15) is 22.8 Å². The van der Waals surface area contributed by atoms with E-state index in [0.717, 1.165) is 30.4 Å². The van der Waals surface area contributed by atoms with Crippen molar-refractivity contribution < 1.29 is 32.2 Å². The number of nitrogens with zero attached hydrogens (tertiary/aromatic N) is 1. The van der Waals surface area contributed by atoms with Crippen molar-refractivity contribution in [2.24, 2.45) is 5.41 Å². The molecule has 0 radical (unpaired) electrons. The molecule has 3 aliphatic rings. The first-order valence-electron chi connectivity index (χ1n) is 12.2. The first kappa shape index (κ1) is 24.6. The Bertz CT molecular complexity index is 1150. The molecule has 0 aliphatic carbocycles. The summed E-state index contributed by atoms with van der Waals surface area (Å²) < 4.78 is 54.2. The zero-order chi connectivity index (χ0) is 25.6. The summed E-state index contributed by atoms with van der Waals surface area (Å²) in [6.45, 7) is 1.25. The molecule has 3 aliphatic heterocycles. The Labute approximate surface area is 207 Å². The molecule has 0 aromatic heterocycles. The summed E-state index contributed by atoms with van der Waals surface area (Å²) in [5.74, 6) is -0.398. The molecule has 2 amide bonds. The summed E-state index contributed by atoms with van der Waals surface area (Å²) in [5.41, 5.74) is -1.66. The van der Waals surface area contributed by atoms with Gasteiger partial charge in [-0.1, -0.05) is 48.5 Å². The molecule has 3 heterocycles. The van der Waals surface area contributed by atoms with Gasteiger partial charge >= 0.3 is 6.18 Å². The van der Waals surface area contributed by atoms with Crippen molar-refractivity contribution in [3.05, 3.63) is 65.2 Å². The predicted molar refractivity (Wildman–Crippen MR) is 125 cm³/mol. The zero-order valence-electron chi connectivity index (χ0n) is 20.1. The molecule has 0 saturated carbocycles. The second-order valence-electron chi connectivity index (χ2n) is 9.87. The van der Waals surface area contributed by atoms with Crippen molar-refractivity contribution in [3.63, 3.8) is 0 Å². The van der Waals surface area contributed by atoms with E-state index in [1.165, 1.54) is 29.2 Å². The summed E-state index contributed by atoms with van der Waals surface area (Å²) in [4.78, 5) is 27.3. The van der Waals surface area contributed by atoms with Gasteiger partial charge < -0.3 is 19.7 Å². The van der Waals surface area contributed by atoms with Crippen LogP contribution in [0.1, 0.15) is 41.9 Å². The first-order valence-corrected chi connectivity index (χ1v) is 12.2. The summed E-state index contributed by atoms with van der Waals surface area (Å²) >= 11 is 0. The van der Waals surface area contributed by atoms with Crippen LogP contribution in [0.2, 0.25) is 0 Å². The summed E-state index contributed by atoms with van der Waals surface area (Å²) in [7, 11) is 0.918. The molecule has 2 saturated heterocycles. The van der Waals surface area contributed by atoms with E-state index in [-0.39, 0.29) is 36.9 Å². The number of likely N-dealkylation sites (tertiary alicyclic amines) is 1. The molecule has 0 unspecified atom stereocenters. The maximum Gasteiger partial charge on any atom is 0.430 e. The fraction of sp³-hybridized carbons (Fsp3) is 0.481. The molecule has 2 fully saturated rings.